The van der Waals surface area contributed by atoms with E-state index < -0.39 is 6.04 Å². The third kappa shape index (κ3) is 5.18. The summed E-state index contributed by atoms with van der Waals surface area (Å²) >= 11 is 0. The molecule has 1 aromatic heterocycles. The van der Waals surface area contributed by atoms with E-state index >= 15 is 0 Å². The molecule has 6 nitrogen and oxygen atoms in total. The molecule has 2 N–H and O–H groups in total. The molecule has 0 saturated heterocycles. The van der Waals surface area contributed by atoms with Crippen molar-refractivity contribution in [3.8, 4) is 0 Å². The molecular formula is C27H33FN4O2. The van der Waals surface area contributed by atoms with Crippen molar-refractivity contribution in [2.45, 2.75) is 64.0 Å². The summed E-state index contributed by atoms with van der Waals surface area (Å²) in [5, 5.41) is 6.50. The molecule has 1 saturated carbocycles. The molecule has 34 heavy (non-hydrogen) atoms. The van der Waals surface area contributed by atoms with Gasteiger partial charge < -0.3 is 20.0 Å². The first kappa shape index (κ1) is 22.7. The number of amides is 1. The third-order valence-corrected chi connectivity index (χ3v) is 7.12. The van der Waals surface area contributed by atoms with Crippen molar-refractivity contribution in [3.05, 3.63) is 53.8 Å². The highest BCUT2D eigenvalue weighted by atomic mass is 19.1. The summed E-state index contributed by atoms with van der Waals surface area (Å²) in [5.41, 5.74) is 3.58. The lowest BCUT2D eigenvalue weighted by molar-refractivity contribution is -0.122. The molecule has 1 fully saturated rings. The quantitative estimate of drug-likeness (QED) is 0.474. The van der Waals surface area contributed by atoms with Crippen LogP contribution in [-0.2, 0) is 11.2 Å². The van der Waals surface area contributed by atoms with Crippen LogP contribution >= 0.6 is 0 Å². The maximum absolute atomic E-state index is 13.6. The van der Waals surface area contributed by atoms with Crippen LogP contribution in [0.1, 0.15) is 51.0 Å². The minimum atomic E-state index is -0.404. The zero-order valence-electron chi connectivity index (χ0n) is 19.7. The Balaban J connectivity index is 1.25. The molecule has 7 heteroatoms. The fraction of sp³-hybridized carbons (Fsp3) is 0.481. The van der Waals surface area contributed by atoms with E-state index in [1.165, 1.54) is 25.3 Å². The van der Waals surface area contributed by atoms with E-state index in [2.05, 4.69) is 20.5 Å². The molecule has 0 radical (unpaired) electrons. The Kier molecular flexibility index (Phi) is 6.70. The van der Waals surface area contributed by atoms with E-state index in [-0.39, 0.29) is 17.8 Å². The highest BCUT2D eigenvalue weighted by molar-refractivity contribution is 5.85. The van der Waals surface area contributed by atoms with Crippen LogP contribution < -0.4 is 15.5 Å². The Morgan fingerprint density at radius 1 is 1.21 bits per heavy atom. The normalized spacial score (nSPS) is 18.0. The lowest BCUT2D eigenvalue weighted by Gasteiger charge is -2.29. The Hall–Kier alpha value is -3.09. The molecule has 5 rings (SSSR count). The predicted molar refractivity (Wildman–Crippen MR) is 133 cm³/mol. The van der Waals surface area contributed by atoms with E-state index in [1.54, 1.807) is 6.07 Å². The standard InChI is InChI=1S/C27H33FN4O2/c1-18(17-32-14-13-20-16-21(28)11-12-24(20)32)29-26(33)23(15-19-7-3-2-4-8-19)31-27-30-22-9-5-6-10-25(22)34-27/h5-6,9-12,16,18-19,23H,2-4,7-8,13-15,17H2,1H3,(H,29,33)(H,30,31). The van der Waals surface area contributed by atoms with Gasteiger partial charge in [0.1, 0.15) is 17.4 Å². The van der Waals surface area contributed by atoms with Gasteiger partial charge in [-0.1, -0.05) is 44.2 Å². The molecule has 0 bridgehead atoms. The first-order valence-electron chi connectivity index (χ1n) is 12.5. The molecule has 2 unspecified atom stereocenters. The van der Waals surface area contributed by atoms with Gasteiger partial charge in [-0.3, -0.25) is 4.79 Å². The van der Waals surface area contributed by atoms with Crippen molar-refractivity contribution in [1.29, 1.82) is 0 Å². The number of fused-ring (bicyclic) bond motifs is 2. The number of rotatable bonds is 8. The highest BCUT2D eigenvalue weighted by Crippen LogP contribution is 2.30. The average molecular weight is 465 g/mol. The molecule has 2 aromatic carbocycles. The molecular weight excluding hydrogens is 431 g/mol. The number of carbonyl (C=O) groups is 1. The Morgan fingerprint density at radius 3 is 2.85 bits per heavy atom. The van der Waals surface area contributed by atoms with Gasteiger partial charge in [0.25, 0.3) is 6.01 Å². The fourth-order valence-corrected chi connectivity index (χ4v) is 5.42. The number of carbonyl (C=O) groups excluding carboxylic acids is 1. The molecule has 1 aliphatic carbocycles. The lowest BCUT2D eigenvalue weighted by Crippen LogP contribution is -2.48. The second-order valence-corrected chi connectivity index (χ2v) is 9.80. The molecule has 3 aromatic rings. The number of hydrogen-bond donors (Lipinski definition) is 2. The molecule has 0 spiro atoms. The van der Waals surface area contributed by atoms with Gasteiger partial charge in [-0.15, -0.1) is 0 Å². The van der Waals surface area contributed by atoms with Gasteiger partial charge in [-0.25, -0.2) is 4.39 Å². The summed E-state index contributed by atoms with van der Waals surface area (Å²) in [6.07, 6.45) is 7.66. The van der Waals surface area contributed by atoms with Gasteiger partial charge in [0, 0.05) is 24.8 Å². The van der Waals surface area contributed by atoms with Gasteiger partial charge in [-0.05, 0) is 61.6 Å². The first-order valence-corrected chi connectivity index (χ1v) is 12.5. The second kappa shape index (κ2) is 10.0. The van der Waals surface area contributed by atoms with Crippen LogP contribution in [0.5, 0.6) is 0 Å². The number of benzene rings is 2. The molecule has 2 atom stereocenters. The van der Waals surface area contributed by atoms with Gasteiger partial charge >= 0.3 is 0 Å². The molecule has 2 heterocycles. The molecule has 180 valence electrons. The average Bonchev–Trinajstić information content (AvgIpc) is 3.42. The topological polar surface area (TPSA) is 70.4 Å². The number of nitrogens with one attached hydrogen (secondary N) is 2. The molecule has 1 aliphatic heterocycles. The number of nitrogens with zero attached hydrogens (tertiary/aromatic N) is 2. The Labute approximate surface area is 199 Å². The fourth-order valence-electron chi connectivity index (χ4n) is 5.42. The lowest BCUT2D eigenvalue weighted by atomic mass is 9.84. The number of para-hydroxylation sites is 2. The van der Waals surface area contributed by atoms with Crippen LogP contribution in [-0.4, -0.2) is 36.1 Å². The van der Waals surface area contributed by atoms with Gasteiger partial charge in [0.05, 0.1) is 0 Å². The van der Waals surface area contributed by atoms with E-state index in [0.717, 1.165) is 49.0 Å². The van der Waals surface area contributed by atoms with Crippen LogP contribution in [0.3, 0.4) is 0 Å². The van der Waals surface area contributed by atoms with Crippen molar-refractivity contribution in [2.75, 3.05) is 23.3 Å². The maximum atomic E-state index is 13.6. The van der Waals surface area contributed by atoms with Crippen LogP contribution in [0, 0.1) is 11.7 Å². The number of halogens is 1. The summed E-state index contributed by atoms with van der Waals surface area (Å²) in [7, 11) is 0. The summed E-state index contributed by atoms with van der Waals surface area (Å²) in [6, 6.07) is 12.5. The minimum Gasteiger partial charge on any atom is -0.424 e. The van der Waals surface area contributed by atoms with E-state index in [4.69, 9.17) is 4.42 Å². The van der Waals surface area contributed by atoms with Gasteiger partial charge in [0.2, 0.25) is 5.91 Å². The van der Waals surface area contributed by atoms with Crippen molar-refractivity contribution in [2.24, 2.45) is 5.92 Å². The van der Waals surface area contributed by atoms with Crippen LogP contribution in [0.15, 0.2) is 46.9 Å². The van der Waals surface area contributed by atoms with Crippen LogP contribution in [0.25, 0.3) is 11.1 Å². The summed E-state index contributed by atoms with van der Waals surface area (Å²) in [4.78, 5) is 20.2. The molecule has 2 aliphatic rings. The van der Waals surface area contributed by atoms with Gasteiger partial charge in [-0.2, -0.15) is 4.98 Å². The summed E-state index contributed by atoms with van der Waals surface area (Å²) in [6.45, 7) is 3.55. The minimum absolute atomic E-state index is 0.0288. The first-order chi connectivity index (χ1) is 16.5. The number of aromatic nitrogens is 1. The largest absolute Gasteiger partial charge is 0.424 e. The van der Waals surface area contributed by atoms with E-state index in [9.17, 15) is 9.18 Å². The Bertz CT molecular complexity index is 1110. The predicted octanol–water partition coefficient (Wildman–Crippen LogP) is 5.29. The van der Waals surface area contributed by atoms with Crippen molar-refractivity contribution in [3.63, 3.8) is 0 Å². The van der Waals surface area contributed by atoms with Crippen LogP contribution in [0.4, 0.5) is 16.1 Å². The number of oxazole rings is 1. The Morgan fingerprint density at radius 2 is 2.03 bits per heavy atom. The SMILES string of the molecule is CC(CN1CCc2cc(F)ccc21)NC(=O)C(CC1CCCCC1)Nc1nc2ccccc2o1. The maximum Gasteiger partial charge on any atom is 0.296 e. The number of hydrogen-bond acceptors (Lipinski definition) is 5. The zero-order valence-corrected chi connectivity index (χ0v) is 19.7. The van der Waals surface area contributed by atoms with Crippen molar-refractivity contribution < 1.29 is 13.6 Å². The van der Waals surface area contributed by atoms with Crippen molar-refractivity contribution >= 4 is 28.7 Å². The molecule has 1 amide bonds. The zero-order chi connectivity index (χ0) is 23.5. The van der Waals surface area contributed by atoms with E-state index in [0.29, 0.717) is 24.1 Å². The monoisotopic (exact) mass is 464 g/mol. The highest BCUT2D eigenvalue weighted by Gasteiger charge is 2.28. The second-order valence-electron chi connectivity index (χ2n) is 9.80. The van der Waals surface area contributed by atoms with Crippen LogP contribution in [0.2, 0.25) is 0 Å². The smallest absolute Gasteiger partial charge is 0.296 e. The third-order valence-electron chi connectivity index (χ3n) is 7.12. The summed E-state index contributed by atoms with van der Waals surface area (Å²) < 4.78 is 19.4. The summed E-state index contributed by atoms with van der Waals surface area (Å²) in [5.74, 6) is 0.300. The van der Waals surface area contributed by atoms with E-state index in [1.807, 2.05) is 37.3 Å². The van der Waals surface area contributed by atoms with Gasteiger partial charge in [0.15, 0.2) is 5.58 Å². The number of anilines is 2. The van der Waals surface area contributed by atoms with Crippen molar-refractivity contribution in [1.82, 2.24) is 10.3 Å².